The Balaban J connectivity index is 1.74. The molecule has 0 aromatic heterocycles. The number of amides is 1. The van der Waals surface area contributed by atoms with Crippen LogP contribution in [-0.4, -0.2) is 30.2 Å². The molecule has 5 nitrogen and oxygen atoms in total. The van der Waals surface area contributed by atoms with Crippen LogP contribution in [0.1, 0.15) is 25.8 Å². The first kappa shape index (κ1) is 17.4. The summed E-state index contributed by atoms with van der Waals surface area (Å²) in [5, 5.41) is 2.97. The van der Waals surface area contributed by atoms with Crippen molar-refractivity contribution in [3.05, 3.63) is 59.4 Å². The zero-order chi connectivity index (χ0) is 17.9. The third-order valence-corrected chi connectivity index (χ3v) is 4.41. The summed E-state index contributed by atoms with van der Waals surface area (Å²) in [7, 11) is 0. The number of carbonyl (C=O) groups excluding carboxylic acids is 1. The Morgan fingerprint density at radius 3 is 3.04 bits per heavy atom. The molecule has 0 radical (unpaired) electrons. The number of halogens is 1. The molecule has 2 aliphatic rings. The molecule has 1 aromatic carbocycles. The zero-order valence-electron chi connectivity index (χ0n) is 14.5. The highest BCUT2D eigenvalue weighted by Gasteiger charge is 2.28. The summed E-state index contributed by atoms with van der Waals surface area (Å²) in [6.07, 6.45) is 6.05. The predicted molar refractivity (Wildman–Crippen MR) is 94.0 cm³/mol. The molecule has 3 rings (SSSR count). The van der Waals surface area contributed by atoms with Crippen molar-refractivity contribution in [3.8, 4) is 0 Å². The first-order chi connectivity index (χ1) is 12.0. The quantitative estimate of drug-likeness (QED) is 0.675. The number of carbonyl (C=O) groups is 1. The van der Waals surface area contributed by atoms with Crippen molar-refractivity contribution >= 4 is 12.1 Å². The highest BCUT2D eigenvalue weighted by atomic mass is 19.1. The number of nitrogens with zero attached hydrogens (tertiary/aromatic N) is 2. The first-order valence-corrected chi connectivity index (χ1v) is 8.29. The summed E-state index contributed by atoms with van der Waals surface area (Å²) in [4.78, 5) is 18.6. The molecule has 1 aromatic rings. The lowest BCUT2D eigenvalue weighted by Gasteiger charge is -2.28. The van der Waals surface area contributed by atoms with Crippen LogP contribution in [0.25, 0.3) is 0 Å². The van der Waals surface area contributed by atoms with Gasteiger partial charge in [-0.3, -0.25) is 9.79 Å². The SMILES string of the molecule is CC1=CN/C(=C\N=C\C2(C)CCOC2)C(=O)N1Cc1cccc(F)c1. The number of allylic oxidation sites excluding steroid dienone is 1. The van der Waals surface area contributed by atoms with Crippen LogP contribution in [-0.2, 0) is 16.1 Å². The fraction of sp³-hybridized carbons (Fsp3) is 0.368. The van der Waals surface area contributed by atoms with E-state index in [4.69, 9.17) is 4.74 Å². The van der Waals surface area contributed by atoms with Crippen molar-refractivity contribution < 1.29 is 13.9 Å². The third kappa shape index (κ3) is 4.14. The maximum Gasteiger partial charge on any atom is 0.276 e. The minimum absolute atomic E-state index is 0.0816. The predicted octanol–water partition coefficient (Wildman–Crippen LogP) is 2.96. The number of aliphatic imine (C=N–C) groups is 1. The van der Waals surface area contributed by atoms with Gasteiger partial charge >= 0.3 is 0 Å². The molecule has 25 heavy (non-hydrogen) atoms. The van der Waals surface area contributed by atoms with Crippen LogP contribution < -0.4 is 5.32 Å². The van der Waals surface area contributed by atoms with Crippen molar-refractivity contribution in [1.82, 2.24) is 10.2 Å². The molecule has 0 spiro atoms. The number of benzene rings is 1. The van der Waals surface area contributed by atoms with E-state index in [2.05, 4.69) is 17.2 Å². The van der Waals surface area contributed by atoms with Crippen LogP contribution in [0.3, 0.4) is 0 Å². The number of hydrogen-bond donors (Lipinski definition) is 1. The van der Waals surface area contributed by atoms with Crippen LogP contribution >= 0.6 is 0 Å². The summed E-state index contributed by atoms with van der Waals surface area (Å²) in [6.45, 7) is 5.61. The molecule has 1 amide bonds. The Kier molecular flexibility index (Phi) is 4.99. The molecule has 0 saturated carbocycles. The standard InChI is InChI=1S/C19H22FN3O2/c1-14-9-22-17(10-21-12-19(2)6-7-25-13-19)18(24)23(14)11-15-4-3-5-16(20)8-15/h3-5,8-10,12,22H,6-7,11,13H2,1-2H3/b17-10-,21-12+. The van der Waals surface area contributed by atoms with Crippen LogP contribution in [0.15, 0.2) is 53.1 Å². The number of hydrogen-bond acceptors (Lipinski definition) is 4. The van der Waals surface area contributed by atoms with Gasteiger partial charge in [-0.15, -0.1) is 0 Å². The van der Waals surface area contributed by atoms with E-state index in [1.54, 1.807) is 23.2 Å². The number of ether oxygens (including phenoxy) is 1. The topological polar surface area (TPSA) is 53.9 Å². The number of rotatable bonds is 4. The molecule has 1 unspecified atom stereocenters. The van der Waals surface area contributed by atoms with Crippen molar-refractivity contribution in [2.24, 2.45) is 10.4 Å². The van der Waals surface area contributed by atoms with E-state index in [1.165, 1.54) is 18.3 Å². The van der Waals surface area contributed by atoms with Gasteiger partial charge in [0, 0.05) is 30.1 Å². The van der Waals surface area contributed by atoms with Crippen molar-refractivity contribution in [3.63, 3.8) is 0 Å². The van der Waals surface area contributed by atoms with E-state index in [9.17, 15) is 9.18 Å². The Bertz CT molecular complexity index is 749. The highest BCUT2D eigenvalue weighted by molar-refractivity contribution is 5.95. The lowest BCUT2D eigenvalue weighted by atomic mass is 9.92. The molecule has 0 aliphatic carbocycles. The minimum atomic E-state index is -0.311. The lowest BCUT2D eigenvalue weighted by molar-refractivity contribution is -0.126. The Morgan fingerprint density at radius 2 is 2.32 bits per heavy atom. The normalized spacial score (nSPS) is 25.6. The van der Waals surface area contributed by atoms with Gasteiger partial charge in [-0.2, -0.15) is 0 Å². The summed E-state index contributed by atoms with van der Waals surface area (Å²) in [5.74, 6) is -0.497. The molecule has 2 aliphatic heterocycles. The smallest absolute Gasteiger partial charge is 0.276 e. The maximum absolute atomic E-state index is 13.4. The monoisotopic (exact) mass is 343 g/mol. The van der Waals surface area contributed by atoms with Gasteiger partial charge in [0.1, 0.15) is 11.5 Å². The molecular weight excluding hydrogens is 321 g/mol. The fourth-order valence-corrected chi connectivity index (χ4v) is 2.81. The average Bonchev–Trinajstić information content (AvgIpc) is 3.00. The van der Waals surface area contributed by atoms with Crippen molar-refractivity contribution in [1.29, 1.82) is 0 Å². The molecule has 2 heterocycles. The van der Waals surface area contributed by atoms with Gasteiger partial charge < -0.3 is 15.0 Å². The van der Waals surface area contributed by atoms with Crippen LogP contribution in [0.2, 0.25) is 0 Å². The Labute approximate surface area is 146 Å². The largest absolute Gasteiger partial charge is 0.380 e. The van der Waals surface area contributed by atoms with Gasteiger partial charge in [0.15, 0.2) is 0 Å². The summed E-state index contributed by atoms with van der Waals surface area (Å²) in [6, 6.07) is 6.26. The number of nitrogens with one attached hydrogen (secondary N) is 1. The molecule has 6 heteroatoms. The van der Waals surface area contributed by atoms with Crippen LogP contribution in [0, 0.1) is 11.2 Å². The van der Waals surface area contributed by atoms with Crippen LogP contribution in [0.4, 0.5) is 4.39 Å². The third-order valence-electron chi connectivity index (χ3n) is 4.41. The van der Waals surface area contributed by atoms with Gasteiger partial charge in [0.05, 0.1) is 19.4 Å². The van der Waals surface area contributed by atoms with Crippen molar-refractivity contribution in [2.75, 3.05) is 13.2 Å². The van der Waals surface area contributed by atoms with Gasteiger partial charge in [-0.25, -0.2) is 4.39 Å². The van der Waals surface area contributed by atoms with E-state index in [0.29, 0.717) is 18.8 Å². The first-order valence-electron chi connectivity index (χ1n) is 8.29. The maximum atomic E-state index is 13.4. The highest BCUT2D eigenvalue weighted by Crippen LogP contribution is 2.25. The summed E-state index contributed by atoms with van der Waals surface area (Å²) < 4.78 is 18.8. The molecule has 1 N–H and O–H groups in total. The molecular formula is C19H22FN3O2. The average molecular weight is 343 g/mol. The minimum Gasteiger partial charge on any atom is -0.380 e. The second-order valence-electron chi connectivity index (χ2n) is 6.73. The zero-order valence-corrected chi connectivity index (χ0v) is 14.5. The van der Waals surface area contributed by atoms with E-state index in [1.807, 2.05) is 13.1 Å². The summed E-state index contributed by atoms with van der Waals surface area (Å²) in [5.41, 5.74) is 1.82. The fourth-order valence-electron chi connectivity index (χ4n) is 2.81. The molecule has 132 valence electrons. The van der Waals surface area contributed by atoms with Gasteiger partial charge in [-0.1, -0.05) is 19.1 Å². The Morgan fingerprint density at radius 1 is 1.48 bits per heavy atom. The van der Waals surface area contributed by atoms with E-state index >= 15 is 0 Å². The van der Waals surface area contributed by atoms with Gasteiger partial charge in [-0.05, 0) is 31.0 Å². The molecule has 1 saturated heterocycles. The van der Waals surface area contributed by atoms with Crippen molar-refractivity contribution in [2.45, 2.75) is 26.8 Å². The van der Waals surface area contributed by atoms with Crippen LogP contribution in [0.5, 0.6) is 0 Å². The molecule has 0 bridgehead atoms. The Hall–Kier alpha value is -2.47. The van der Waals surface area contributed by atoms with E-state index in [-0.39, 0.29) is 17.1 Å². The summed E-state index contributed by atoms with van der Waals surface area (Å²) >= 11 is 0. The second kappa shape index (κ2) is 7.19. The molecule has 1 fully saturated rings. The van der Waals surface area contributed by atoms with Gasteiger partial charge in [0.2, 0.25) is 0 Å². The lowest BCUT2D eigenvalue weighted by Crippen LogP contribution is -2.38. The molecule has 1 atom stereocenters. The second-order valence-corrected chi connectivity index (χ2v) is 6.73. The van der Waals surface area contributed by atoms with Gasteiger partial charge in [0.25, 0.3) is 5.91 Å². The van der Waals surface area contributed by atoms with E-state index in [0.717, 1.165) is 24.3 Å². The van der Waals surface area contributed by atoms with E-state index < -0.39 is 0 Å².